The zero-order valence-corrected chi connectivity index (χ0v) is 5.09. The normalized spacial score (nSPS) is 14.0. The maximum Gasteiger partial charge on any atom is 0.320 e. The summed E-state index contributed by atoms with van der Waals surface area (Å²) in [5.41, 5.74) is 5.16. The number of carboxylic acid groups (broad SMARTS) is 1. The summed E-state index contributed by atoms with van der Waals surface area (Å²) in [6, 6.07) is -0.713. The lowest BCUT2D eigenvalue weighted by atomic mass is 11.0. The van der Waals surface area contributed by atoms with Gasteiger partial charge < -0.3 is 10.8 Å². The standard InChI is InChI=1S/C5H11NO2/c1-3(2)4(6)5(7)8/h3-4H,6H2,1-2H3,(H,7,8)/t4-/m0/s1/i1+1,2+1,3+1,4+1,5+1. The Hall–Kier alpha value is -0.570. The fraction of sp³-hybridized carbons (Fsp3) is 0.800. The van der Waals surface area contributed by atoms with Crippen LogP contribution in [0.3, 0.4) is 0 Å². The van der Waals surface area contributed by atoms with Gasteiger partial charge in [0.05, 0.1) is 0 Å². The lowest BCUT2D eigenvalue weighted by Crippen LogP contribution is -2.34. The zero-order valence-electron chi connectivity index (χ0n) is 5.09. The molecule has 0 amide bonds. The molecule has 0 saturated carbocycles. The van der Waals surface area contributed by atoms with Crippen LogP contribution in [0.5, 0.6) is 0 Å². The highest BCUT2D eigenvalue weighted by atomic mass is 16.5. The van der Waals surface area contributed by atoms with E-state index in [1.807, 2.05) is 0 Å². The summed E-state index contributed by atoms with van der Waals surface area (Å²) in [6.45, 7) is 3.55. The Kier molecular flexibility index (Phi) is 2.48. The molecule has 0 aliphatic carbocycles. The molecule has 0 rings (SSSR count). The van der Waals surface area contributed by atoms with Gasteiger partial charge in [-0.1, -0.05) is 13.8 Å². The SMILES string of the molecule is [13CH3][13CH]([13CH3])[13C@H](N)[13C](=O)O. The number of rotatable bonds is 2. The van der Waals surface area contributed by atoms with E-state index in [0.29, 0.717) is 0 Å². The molecule has 0 saturated heterocycles. The molecule has 0 unspecified atom stereocenters. The van der Waals surface area contributed by atoms with Crippen molar-refractivity contribution in [1.82, 2.24) is 0 Å². The van der Waals surface area contributed by atoms with Crippen molar-refractivity contribution in [2.75, 3.05) is 0 Å². The monoisotopic (exact) mass is 122 g/mol. The Bertz CT molecular complexity index is 90.4. The predicted molar refractivity (Wildman–Crippen MR) is 30.4 cm³/mol. The molecular formula is C5H11NO2. The third-order valence-electron chi connectivity index (χ3n) is 1.00. The Labute approximate surface area is 48.5 Å². The minimum atomic E-state index is -0.931. The van der Waals surface area contributed by atoms with Crippen LogP contribution in [0.15, 0.2) is 0 Å². The Morgan fingerprint density at radius 3 is 2.00 bits per heavy atom. The van der Waals surface area contributed by atoms with Crippen molar-refractivity contribution in [3.05, 3.63) is 0 Å². The van der Waals surface area contributed by atoms with Gasteiger partial charge in [0, 0.05) is 0 Å². The number of nitrogens with two attached hydrogens (primary N) is 1. The van der Waals surface area contributed by atoms with Gasteiger partial charge in [0.1, 0.15) is 6.04 Å². The maximum atomic E-state index is 10.0. The number of hydrogen-bond acceptors (Lipinski definition) is 2. The van der Waals surface area contributed by atoms with Crippen molar-refractivity contribution in [1.29, 1.82) is 0 Å². The summed E-state index contributed by atoms with van der Waals surface area (Å²) < 4.78 is 0. The van der Waals surface area contributed by atoms with Crippen LogP contribution in [0.4, 0.5) is 0 Å². The second kappa shape index (κ2) is 2.67. The van der Waals surface area contributed by atoms with Gasteiger partial charge in [-0.3, -0.25) is 4.79 Å². The van der Waals surface area contributed by atoms with Gasteiger partial charge >= 0.3 is 5.97 Å². The Balaban J connectivity index is 3.64. The van der Waals surface area contributed by atoms with Crippen molar-refractivity contribution in [2.45, 2.75) is 19.9 Å². The fourth-order valence-corrected chi connectivity index (χ4v) is 0.285. The molecule has 1 atom stereocenters. The van der Waals surface area contributed by atoms with E-state index in [4.69, 9.17) is 10.8 Å². The van der Waals surface area contributed by atoms with E-state index in [9.17, 15) is 4.79 Å². The van der Waals surface area contributed by atoms with Crippen molar-refractivity contribution in [3.63, 3.8) is 0 Å². The van der Waals surface area contributed by atoms with Crippen LogP contribution in [0, 0.1) is 5.92 Å². The molecule has 0 aromatic carbocycles. The summed E-state index contributed by atoms with van der Waals surface area (Å²) in [4.78, 5) is 10.0. The maximum absolute atomic E-state index is 10.0. The van der Waals surface area contributed by atoms with Crippen LogP contribution in [0.1, 0.15) is 13.8 Å². The third-order valence-corrected chi connectivity index (χ3v) is 1.00. The van der Waals surface area contributed by atoms with E-state index in [0.717, 1.165) is 0 Å². The molecule has 3 heteroatoms. The summed E-state index contributed by atoms with van der Waals surface area (Å²) >= 11 is 0. The van der Waals surface area contributed by atoms with Crippen LogP contribution in [0.25, 0.3) is 0 Å². The van der Waals surface area contributed by atoms with Gasteiger partial charge in [-0.15, -0.1) is 0 Å². The van der Waals surface area contributed by atoms with Crippen LogP contribution in [-0.4, -0.2) is 17.1 Å². The highest BCUT2D eigenvalue weighted by molar-refractivity contribution is 5.73. The number of hydrogen-bond donors (Lipinski definition) is 2. The second-order valence-electron chi connectivity index (χ2n) is 2.11. The lowest BCUT2D eigenvalue weighted by molar-refractivity contribution is -0.139. The zero-order chi connectivity index (χ0) is 6.73. The molecule has 8 heavy (non-hydrogen) atoms. The molecule has 0 spiro atoms. The first kappa shape index (κ1) is 7.43. The molecule has 0 radical (unpaired) electrons. The van der Waals surface area contributed by atoms with E-state index >= 15 is 0 Å². The minimum absolute atomic E-state index is 0.0208. The lowest BCUT2D eigenvalue weighted by Gasteiger charge is -2.07. The predicted octanol–water partition coefficient (Wildman–Crippen LogP) is 0.0543. The van der Waals surface area contributed by atoms with Crippen molar-refractivity contribution >= 4 is 5.97 Å². The smallest absolute Gasteiger partial charge is 0.320 e. The van der Waals surface area contributed by atoms with Gasteiger partial charge in [-0.05, 0) is 5.92 Å². The Morgan fingerprint density at radius 1 is 1.62 bits per heavy atom. The van der Waals surface area contributed by atoms with Crippen molar-refractivity contribution in [2.24, 2.45) is 11.7 Å². The number of carboxylic acids is 1. The second-order valence-corrected chi connectivity index (χ2v) is 2.11. The first-order valence-electron chi connectivity index (χ1n) is 2.54. The molecule has 0 heterocycles. The van der Waals surface area contributed by atoms with Crippen molar-refractivity contribution < 1.29 is 9.90 Å². The van der Waals surface area contributed by atoms with Gasteiger partial charge in [0.25, 0.3) is 0 Å². The molecule has 0 aromatic rings. The summed E-state index contributed by atoms with van der Waals surface area (Å²) in [5, 5.41) is 8.23. The highest BCUT2D eigenvalue weighted by Gasteiger charge is 2.14. The largest absolute Gasteiger partial charge is 0.480 e. The van der Waals surface area contributed by atoms with Crippen LogP contribution < -0.4 is 5.73 Å². The van der Waals surface area contributed by atoms with Gasteiger partial charge in [-0.2, -0.15) is 0 Å². The topological polar surface area (TPSA) is 63.3 Å². The summed E-state index contributed by atoms with van der Waals surface area (Å²) in [7, 11) is 0. The number of aliphatic carboxylic acids is 1. The molecule has 0 aliphatic rings. The van der Waals surface area contributed by atoms with Gasteiger partial charge in [0.15, 0.2) is 0 Å². The van der Waals surface area contributed by atoms with Crippen molar-refractivity contribution in [3.8, 4) is 0 Å². The summed E-state index contributed by atoms with van der Waals surface area (Å²) in [5.74, 6) is -0.910. The summed E-state index contributed by atoms with van der Waals surface area (Å²) in [6.07, 6.45) is 0. The van der Waals surface area contributed by atoms with Crippen LogP contribution in [-0.2, 0) is 4.79 Å². The molecule has 3 N–H and O–H groups in total. The van der Waals surface area contributed by atoms with E-state index in [1.165, 1.54) is 0 Å². The molecule has 48 valence electrons. The molecule has 0 fully saturated rings. The van der Waals surface area contributed by atoms with E-state index in [-0.39, 0.29) is 5.92 Å². The fourth-order valence-electron chi connectivity index (χ4n) is 0.285. The van der Waals surface area contributed by atoms with E-state index in [2.05, 4.69) is 0 Å². The molecule has 0 bridgehead atoms. The first-order chi connectivity index (χ1) is 3.55. The van der Waals surface area contributed by atoms with E-state index in [1.54, 1.807) is 13.8 Å². The Morgan fingerprint density at radius 2 is 2.00 bits per heavy atom. The molecule has 0 aliphatic heterocycles. The van der Waals surface area contributed by atoms with Gasteiger partial charge in [-0.25, -0.2) is 0 Å². The van der Waals surface area contributed by atoms with Crippen LogP contribution >= 0.6 is 0 Å². The minimum Gasteiger partial charge on any atom is -0.480 e. The third kappa shape index (κ3) is 1.93. The quantitative estimate of drug-likeness (QED) is 0.509. The average molecular weight is 122 g/mol. The van der Waals surface area contributed by atoms with E-state index < -0.39 is 12.0 Å². The number of carbonyl (C=O) groups is 1. The van der Waals surface area contributed by atoms with Crippen LogP contribution in [0.2, 0.25) is 0 Å². The first-order valence-corrected chi connectivity index (χ1v) is 2.54. The molecule has 0 aromatic heterocycles. The molecule has 3 nitrogen and oxygen atoms in total. The van der Waals surface area contributed by atoms with Gasteiger partial charge in [0.2, 0.25) is 0 Å². The molecular weight excluding hydrogens is 111 g/mol. The average Bonchev–Trinajstić information content (AvgIpc) is 1.64. The highest BCUT2D eigenvalue weighted by Crippen LogP contribution is 1.96.